The molecule has 0 spiro atoms. The Morgan fingerprint density at radius 3 is 2.84 bits per heavy atom. The molecule has 4 heterocycles. The number of pyridine rings is 1. The van der Waals surface area contributed by atoms with Gasteiger partial charge in [0.25, 0.3) is 0 Å². The van der Waals surface area contributed by atoms with Crippen LogP contribution in [-0.4, -0.2) is 43.7 Å². The molecule has 0 saturated heterocycles. The zero-order chi connectivity index (χ0) is 22.1. The molecule has 0 unspecified atom stereocenters. The Kier molecular flexibility index (Phi) is 5.73. The molecule has 1 aliphatic rings. The van der Waals surface area contributed by atoms with E-state index >= 15 is 0 Å². The number of halogens is 2. The summed E-state index contributed by atoms with van der Waals surface area (Å²) in [6.45, 7) is 4.63. The minimum atomic E-state index is -0.556. The van der Waals surface area contributed by atoms with E-state index in [2.05, 4.69) is 30.7 Å². The molecule has 31 heavy (non-hydrogen) atoms. The Hall–Kier alpha value is -3.27. The van der Waals surface area contributed by atoms with Crippen LogP contribution in [0.15, 0.2) is 24.7 Å². The monoisotopic (exact) mass is 444 g/mol. The van der Waals surface area contributed by atoms with Crippen molar-refractivity contribution >= 4 is 35.0 Å². The summed E-state index contributed by atoms with van der Waals surface area (Å²) in [7, 11) is 1.86. The highest BCUT2D eigenvalue weighted by atomic mass is 35.5. The largest absolute Gasteiger partial charge is 0.350 e. The Morgan fingerprint density at radius 1 is 1.29 bits per heavy atom. The first kappa shape index (κ1) is 21.0. The van der Waals surface area contributed by atoms with Gasteiger partial charge >= 0.3 is 0 Å². The van der Waals surface area contributed by atoms with Gasteiger partial charge in [0.15, 0.2) is 16.8 Å². The van der Waals surface area contributed by atoms with Gasteiger partial charge in [-0.15, -0.1) is 0 Å². The molecule has 2 N–H and O–H groups in total. The van der Waals surface area contributed by atoms with Crippen molar-refractivity contribution in [1.29, 1.82) is 0 Å². The lowest BCUT2D eigenvalue weighted by molar-refractivity contribution is -0.117. The zero-order valence-electron chi connectivity index (χ0n) is 17.4. The zero-order valence-corrected chi connectivity index (χ0v) is 18.1. The molecule has 0 radical (unpaired) electrons. The third-order valence-corrected chi connectivity index (χ3v) is 5.42. The number of nitrogens with one attached hydrogen (secondary N) is 2. The number of hydrogen-bond donors (Lipinski definition) is 2. The lowest BCUT2D eigenvalue weighted by Gasteiger charge is -2.34. The first-order valence-electron chi connectivity index (χ1n) is 9.83. The molecule has 0 aromatic carbocycles. The second kappa shape index (κ2) is 8.46. The van der Waals surface area contributed by atoms with Crippen molar-refractivity contribution in [1.82, 2.24) is 24.7 Å². The highest BCUT2D eigenvalue weighted by Gasteiger charge is 2.32. The molecular formula is C20H22ClFN8O. The van der Waals surface area contributed by atoms with Crippen molar-refractivity contribution in [2.75, 3.05) is 22.6 Å². The molecule has 3 aromatic rings. The van der Waals surface area contributed by atoms with Crippen LogP contribution in [0.1, 0.15) is 30.2 Å². The number of carbonyl (C=O) groups excluding carboxylic acids is 1. The van der Waals surface area contributed by atoms with Crippen LogP contribution in [0.5, 0.6) is 0 Å². The number of hydrogen-bond acceptors (Lipinski definition) is 7. The van der Waals surface area contributed by atoms with E-state index in [1.807, 2.05) is 32.0 Å². The number of carbonyl (C=O) groups is 1. The van der Waals surface area contributed by atoms with Gasteiger partial charge in [-0.1, -0.05) is 18.5 Å². The third kappa shape index (κ3) is 4.29. The predicted molar refractivity (Wildman–Crippen MR) is 116 cm³/mol. The normalized spacial score (nSPS) is 15.6. The molecule has 0 fully saturated rings. The lowest BCUT2D eigenvalue weighted by Crippen LogP contribution is -2.46. The summed E-state index contributed by atoms with van der Waals surface area (Å²) in [5, 5.41) is 10.3. The van der Waals surface area contributed by atoms with Gasteiger partial charge in [0.2, 0.25) is 11.9 Å². The van der Waals surface area contributed by atoms with Crippen LogP contribution < -0.4 is 15.5 Å². The topological polar surface area (TPSA) is 101 Å². The molecule has 0 saturated carbocycles. The van der Waals surface area contributed by atoms with Gasteiger partial charge in [0.1, 0.15) is 11.7 Å². The predicted octanol–water partition coefficient (Wildman–Crippen LogP) is 3.00. The van der Waals surface area contributed by atoms with Crippen molar-refractivity contribution in [3.8, 4) is 0 Å². The van der Waals surface area contributed by atoms with E-state index in [9.17, 15) is 9.18 Å². The van der Waals surface area contributed by atoms with Gasteiger partial charge in [-0.25, -0.2) is 14.4 Å². The number of rotatable bonds is 6. The Balaban J connectivity index is 1.45. The molecule has 162 valence electrons. The number of aromatic nitrogens is 5. The van der Waals surface area contributed by atoms with Crippen LogP contribution in [0.3, 0.4) is 0 Å². The summed E-state index contributed by atoms with van der Waals surface area (Å²) < 4.78 is 15.3. The molecule has 9 nitrogen and oxygen atoms in total. The second-order valence-corrected chi connectivity index (χ2v) is 7.73. The van der Waals surface area contributed by atoms with E-state index in [0.717, 1.165) is 5.56 Å². The maximum Gasteiger partial charge on any atom is 0.247 e. The van der Waals surface area contributed by atoms with Gasteiger partial charge in [-0.2, -0.15) is 10.1 Å². The lowest BCUT2D eigenvalue weighted by atomic mass is 10.1. The van der Waals surface area contributed by atoms with Crippen molar-refractivity contribution in [3.63, 3.8) is 0 Å². The number of amides is 1. The molecule has 1 aliphatic heterocycles. The average molecular weight is 445 g/mol. The fraction of sp³-hybridized carbons (Fsp3) is 0.350. The van der Waals surface area contributed by atoms with Gasteiger partial charge in [0.05, 0.1) is 18.4 Å². The first-order chi connectivity index (χ1) is 14.9. The van der Waals surface area contributed by atoms with E-state index in [-0.39, 0.29) is 17.1 Å². The summed E-state index contributed by atoms with van der Waals surface area (Å²) in [6.07, 6.45) is 5.77. The minimum Gasteiger partial charge on any atom is -0.350 e. The quantitative estimate of drug-likeness (QED) is 0.563. The maximum absolute atomic E-state index is 13.6. The number of nitrogens with zero attached hydrogens (tertiary/aromatic N) is 6. The molecule has 1 atom stereocenters. The maximum atomic E-state index is 13.6. The van der Waals surface area contributed by atoms with Gasteiger partial charge in [0, 0.05) is 31.5 Å². The Bertz CT molecular complexity index is 1130. The van der Waals surface area contributed by atoms with Crippen LogP contribution in [0.4, 0.5) is 21.8 Å². The van der Waals surface area contributed by atoms with Gasteiger partial charge in [-0.3, -0.25) is 9.48 Å². The van der Waals surface area contributed by atoms with Crippen molar-refractivity contribution < 1.29 is 9.18 Å². The number of aryl methyl sites for hydroxylation is 1. The van der Waals surface area contributed by atoms with Crippen molar-refractivity contribution in [2.24, 2.45) is 0 Å². The average Bonchev–Trinajstić information content (AvgIpc) is 3.18. The highest BCUT2D eigenvalue weighted by molar-refractivity contribution is 6.29. The molecule has 0 bridgehead atoms. The number of anilines is 3. The molecule has 1 amide bonds. The Morgan fingerprint density at radius 2 is 2.10 bits per heavy atom. The first-order valence-corrected chi connectivity index (χ1v) is 10.2. The number of likely N-dealkylation sites (N-methyl/N-ethyl adjacent to an activating group) is 1. The minimum absolute atomic E-state index is 0.0481. The van der Waals surface area contributed by atoms with Crippen LogP contribution in [0, 0.1) is 12.7 Å². The van der Waals surface area contributed by atoms with E-state index < -0.39 is 5.82 Å². The molecule has 11 heteroatoms. The van der Waals surface area contributed by atoms with Gasteiger partial charge < -0.3 is 15.5 Å². The third-order valence-electron chi connectivity index (χ3n) is 5.14. The summed E-state index contributed by atoms with van der Waals surface area (Å²) in [5.74, 6) is 0.549. The smallest absolute Gasteiger partial charge is 0.247 e. The van der Waals surface area contributed by atoms with Crippen LogP contribution in [0.25, 0.3) is 0 Å². The van der Waals surface area contributed by atoms with Crippen molar-refractivity contribution in [2.45, 2.75) is 39.4 Å². The van der Waals surface area contributed by atoms with Crippen molar-refractivity contribution in [3.05, 3.63) is 52.4 Å². The van der Waals surface area contributed by atoms with E-state index in [1.54, 1.807) is 10.9 Å². The fourth-order valence-corrected chi connectivity index (χ4v) is 3.63. The summed E-state index contributed by atoms with van der Waals surface area (Å²) >= 11 is 5.62. The van der Waals surface area contributed by atoms with Gasteiger partial charge in [-0.05, 0) is 25.0 Å². The molecule has 3 aromatic heterocycles. The van der Waals surface area contributed by atoms with Crippen LogP contribution in [-0.2, 0) is 17.9 Å². The van der Waals surface area contributed by atoms with E-state index in [1.165, 1.54) is 12.3 Å². The summed E-state index contributed by atoms with van der Waals surface area (Å²) in [4.78, 5) is 27.0. The second-order valence-electron chi connectivity index (χ2n) is 7.37. The van der Waals surface area contributed by atoms with E-state index in [0.29, 0.717) is 48.2 Å². The highest BCUT2D eigenvalue weighted by Crippen LogP contribution is 2.33. The van der Waals surface area contributed by atoms with E-state index in [4.69, 9.17) is 11.6 Å². The fourth-order valence-electron chi connectivity index (χ4n) is 3.53. The van der Waals surface area contributed by atoms with Crippen LogP contribution >= 0.6 is 11.6 Å². The molecule has 0 aliphatic carbocycles. The Labute approximate surface area is 183 Å². The molecule has 4 rings (SSSR count). The molecular weight excluding hydrogens is 423 g/mol. The van der Waals surface area contributed by atoms with Crippen LogP contribution in [0.2, 0.25) is 5.15 Å². The standard InChI is InChI=1S/C20H22ClFN8O/c1-4-15-19(31)27-16-11(2)26-20(28-18(16)29(15)3)24-7-13-8-25-30(10-13)9-12-5-14(22)17(21)23-6-12/h5-6,8,10,15H,4,7,9H2,1-3H3,(H,27,31)(H,24,26,28)/t15-/m0/s1. The number of fused-ring (bicyclic) bond motifs is 1. The SMILES string of the molecule is CC[C@H]1C(=O)Nc2c(C)nc(NCc3cnn(Cc4cnc(Cl)c(F)c4)c3)nc2N1C. The summed E-state index contributed by atoms with van der Waals surface area (Å²) in [6, 6.07) is 1.08. The summed E-state index contributed by atoms with van der Waals surface area (Å²) in [5.41, 5.74) is 2.90.